The first-order valence-electron chi connectivity index (χ1n) is 5.08. The van der Waals surface area contributed by atoms with E-state index in [9.17, 15) is 10.2 Å². The molecule has 16 heavy (non-hydrogen) atoms. The second kappa shape index (κ2) is 4.12. The zero-order valence-electron chi connectivity index (χ0n) is 9.00. The molecule has 0 bridgehead atoms. The molecule has 1 aromatic carbocycles. The smallest absolute Gasteiger partial charge is 0.144 e. The van der Waals surface area contributed by atoms with Crippen molar-refractivity contribution in [1.29, 1.82) is 0 Å². The third-order valence-corrected chi connectivity index (χ3v) is 2.85. The molecule has 0 aliphatic heterocycles. The van der Waals surface area contributed by atoms with Crippen LogP contribution in [0.4, 0.5) is 0 Å². The number of benzene rings is 1. The Morgan fingerprint density at radius 1 is 1.25 bits per heavy atom. The van der Waals surface area contributed by atoms with Gasteiger partial charge in [0.05, 0.1) is 0 Å². The van der Waals surface area contributed by atoms with Crippen molar-refractivity contribution >= 4 is 0 Å². The predicted octanol–water partition coefficient (Wildman–Crippen LogP) is 1.72. The summed E-state index contributed by atoms with van der Waals surface area (Å²) in [6.07, 6.45) is 6.11. The van der Waals surface area contributed by atoms with Gasteiger partial charge >= 0.3 is 0 Å². The summed E-state index contributed by atoms with van der Waals surface area (Å²) in [4.78, 5) is 0. The van der Waals surface area contributed by atoms with E-state index in [1.165, 1.54) is 7.11 Å². The van der Waals surface area contributed by atoms with E-state index in [-0.39, 0.29) is 5.75 Å². The van der Waals surface area contributed by atoms with Crippen LogP contribution in [0.1, 0.15) is 5.56 Å². The number of rotatable bonds is 2. The fraction of sp³-hybridized carbons (Fsp3) is 0.231. The molecule has 0 spiro atoms. The van der Waals surface area contributed by atoms with Crippen LogP contribution in [-0.2, 0) is 10.3 Å². The van der Waals surface area contributed by atoms with Gasteiger partial charge in [-0.1, -0.05) is 36.4 Å². The van der Waals surface area contributed by atoms with Crippen LogP contribution in [0.15, 0.2) is 48.6 Å². The van der Waals surface area contributed by atoms with Crippen LogP contribution in [0.3, 0.4) is 0 Å². The molecule has 2 atom stereocenters. The zero-order valence-corrected chi connectivity index (χ0v) is 9.00. The summed E-state index contributed by atoms with van der Waals surface area (Å²) in [5.74, 6) is 0.114. The molecule has 1 aromatic rings. The number of phenols is 1. The van der Waals surface area contributed by atoms with Crippen LogP contribution in [-0.4, -0.2) is 23.4 Å². The van der Waals surface area contributed by atoms with Crippen LogP contribution in [0.5, 0.6) is 5.75 Å². The minimum atomic E-state index is -1.000. The molecule has 84 valence electrons. The second-order valence-electron chi connectivity index (χ2n) is 3.70. The van der Waals surface area contributed by atoms with Gasteiger partial charge in [0.1, 0.15) is 17.5 Å². The molecule has 0 radical (unpaired) electrons. The Labute approximate surface area is 94.3 Å². The lowest BCUT2D eigenvalue weighted by molar-refractivity contribution is -0.0550. The summed E-state index contributed by atoms with van der Waals surface area (Å²) in [6, 6.07) is 6.85. The number of aliphatic hydroxyl groups excluding tert-OH is 1. The predicted molar refractivity (Wildman–Crippen MR) is 61.1 cm³/mol. The zero-order chi connectivity index (χ0) is 11.6. The quantitative estimate of drug-likeness (QED) is 0.794. The molecular weight excluding hydrogens is 204 g/mol. The van der Waals surface area contributed by atoms with Gasteiger partial charge < -0.3 is 14.9 Å². The first-order valence-corrected chi connectivity index (χ1v) is 5.08. The third kappa shape index (κ3) is 1.54. The Bertz CT molecular complexity index is 437. The number of hydrogen-bond donors (Lipinski definition) is 2. The summed E-state index contributed by atoms with van der Waals surface area (Å²) in [7, 11) is 1.51. The number of para-hydroxylation sites is 1. The normalized spacial score (nSPS) is 28.2. The Morgan fingerprint density at radius 3 is 2.62 bits per heavy atom. The number of phenolic OH excluding ortho intramolecular Hbond substituents is 1. The molecule has 3 nitrogen and oxygen atoms in total. The average molecular weight is 218 g/mol. The van der Waals surface area contributed by atoms with Gasteiger partial charge in [0.25, 0.3) is 0 Å². The Kier molecular flexibility index (Phi) is 2.81. The lowest BCUT2D eigenvalue weighted by Crippen LogP contribution is -2.39. The van der Waals surface area contributed by atoms with Crippen LogP contribution in [0.2, 0.25) is 0 Å². The van der Waals surface area contributed by atoms with Crippen molar-refractivity contribution in [3.8, 4) is 5.75 Å². The van der Waals surface area contributed by atoms with E-state index >= 15 is 0 Å². The summed E-state index contributed by atoms with van der Waals surface area (Å²) >= 11 is 0. The third-order valence-electron chi connectivity index (χ3n) is 2.85. The standard InChI is InChI=1S/C13H14O3/c1-16-13(9-5-4-8-12(13)15)10-6-2-3-7-11(10)14/h2-9,12,14-15H,1H3. The molecular formula is C13H14O3. The molecule has 2 N–H and O–H groups in total. The minimum Gasteiger partial charge on any atom is -0.508 e. The number of allylic oxidation sites excluding steroid dienone is 2. The summed E-state index contributed by atoms with van der Waals surface area (Å²) in [5.41, 5.74) is -0.439. The first kappa shape index (κ1) is 10.9. The lowest BCUT2D eigenvalue weighted by Gasteiger charge is -2.35. The van der Waals surface area contributed by atoms with Crippen LogP contribution in [0, 0.1) is 0 Å². The monoisotopic (exact) mass is 218 g/mol. The number of aromatic hydroxyl groups is 1. The maximum atomic E-state index is 10.0. The van der Waals surface area contributed by atoms with Crippen molar-refractivity contribution in [2.75, 3.05) is 7.11 Å². The maximum absolute atomic E-state index is 10.0. The fourth-order valence-corrected chi connectivity index (χ4v) is 1.96. The van der Waals surface area contributed by atoms with E-state index in [1.807, 2.05) is 0 Å². The SMILES string of the molecule is COC1(c2ccccc2O)C=CC=CC1O. The molecule has 0 fully saturated rings. The lowest BCUT2D eigenvalue weighted by atomic mass is 9.84. The summed E-state index contributed by atoms with van der Waals surface area (Å²) in [5, 5.41) is 19.9. The van der Waals surface area contributed by atoms with Gasteiger partial charge in [-0.05, 0) is 12.1 Å². The number of hydrogen-bond acceptors (Lipinski definition) is 3. The largest absolute Gasteiger partial charge is 0.508 e. The van der Waals surface area contributed by atoms with Crippen molar-refractivity contribution < 1.29 is 14.9 Å². The van der Waals surface area contributed by atoms with Crippen molar-refractivity contribution in [3.05, 3.63) is 54.1 Å². The van der Waals surface area contributed by atoms with Gasteiger partial charge in [-0.3, -0.25) is 0 Å². The van der Waals surface area contributed by atoms with Gasteiger partial charge in [0.15, 0.2) is 0 Å². The highest BCUT2D eigenvalue weighted by Crippen LogP contribution is 2.38. The van der Waals surface area contributed by atoms with Gasteiger partial charge in [-0.2, -0.15) is 0 Å². The van der Waals surface area contributed by atoms with Crippen LogP contribution in [0.25, 0.3) is 0 Å². The average Bonchev–Trinajstić information content (AvgIpc) is 2.31. The van der Waals surface area contributed by atoms with E-state index in [2.05, 4.69) is 0 Å². The molecule has 0 aromatic heterocycles. The molecule has 2 unspecified atom stereocenters. The molecule has 1 aliphatic rings. The number of ether oxygens (including phenoxy) is 1. The Balaban J connectivity index is 2.54. The van der Waals surface area contributed by atoms with Crippen molar-refractivity contribution in [2.24, 2.45) is 0 Å². The van der Waals surface area contributed by atoms with Gasteiger partial charge in [-0.25, -0.2) is 0 Å². The highest BCUT2D eigenvalue weighted by molar-refractivity contribution is 5.43. The fourth-order valence-electron chi connectivity index (χ4n) is 1.96. The molecule has 0 amide bonds. The molecule has 0 saturated carbocycles. The number of methoxy groups -OCH3 is 1. The summed E-state index contributed by atoms with van der Waals surface area (Å²) < 4.78 is 5.41. The molecule has 3 heteroatoms. The number of aliphatic hydroxyl groups is 1. The minimum absolute atomic E-state index is 0.114. The molecule has 1 aliphatic carbocycles. The second-order valence-corrected chi connectivity index (χ2v) is 3.70. The first-order chi connectivity index (χ1) is 7.70. The molecule has 2 rings (SSSR count). The van der Waals surface area contributed by atoms with E-state index in [4.69, 9.17) is 4.74 Å². The van der Waals surface area contributed by atoms with E-state index < -0.39 is 11.7 Å². The summed E-state index contributed by atoms with van der Waals surface area (Å²) in [6.45, 7) is 0. The topological polar surface area (TPSA) is 49.7 Å². The highest BCUT2D eigenvalue weighted by Gasteiger charge is 2.39. The van der Waals surface area contributed by atoms with E-state index in [1.54, 1.807) is 48.6 Å². The van der Waals surface area contributed by atoms with Gasteiger partial charge in [-0.15, -0.1) is 0 Å². The molecule has 0 saturated heterocycles. The van der Waals surface area contributed by atoms with Crippen molar-refractivity contribution in [2.45, 2.75) is 11.7 Å². The Morgan fingerprint density at radius 2 is 2.00 bits per heavy atom. The van der Waals surface area contributed by atoms with Crippen LogP contribution >= 0.6 is 0 Å². The van der Waals surface area contributed by atoms with E-state index in [0.29, 0.717) is 5.56 Å². The molecule has 0 heterocycles. The van der Waals surface area contributed by atoms with E-state index in [0.717, 1.165) is 0 Å². The van der Waals surface area contributed by atoms with Crippen molar-refractivity contribution in [1.82, 2.24) is 0 Å². The van der Waals surface area contributed by atoms with Crippen molar-refractivity contribution in [3.63, 3.8) is 0 Å². The van der Waals surface area contributed by atoms with Crippen LogP contribution < -0.4 is 0 Å². The maximum Gasteiger partial charge on any atom is 0.144 e. The Hall–Kier alpha value is -1.58. The van der Waals surface area contributed by atoms with Gasteiger partial charge in [0.2, 0.25) is 0 Å². The van der Waals surface area contributed by atoms with Gasteiger partial charge in [0, 0.05) is 12.7 Å². The highest BCUT2D eigenvalue weighted by atomic mass is 16.5.